The molecule has 136 valence electrons. The van der Waals surface area contributed by atoms with E-state index in [9.17, 15) is 14.4 Å². The first-order valence-electron chi connectivity index (χ1n) is 7.97. The van der Waals surface area contributed by atoms with Gasteiger partial charge in [0, 0.05) is 5.92 Å². The lowest BCUT2D eigenvalue weighted by molar-refractivity contribution is -0.137. The molecule has 1 saturated carbocycles. The number of hydrogen-bond donors (Lipinski definition) is 4. The molecule has 1 aliphatic rings. The number of rotatable bonds is 11. The molecule has 0 radical (unpaired) electrons. The van der Waals surface area contributed by atoms with Crippen molar-refractivity contribution in [3.8, 4) is 0 Å². The predicted octanol–water partition coefficient (Wildman–Crippen LogP) is 1.78. The summed E-state index contributed by atoms with van der Waals surface area (Å²) in [5.41, 5.74) is 5.52. The number of aliphatic carboxylic acids is 2. The van der Waals surface area contributed by atoms with Crippen molar-refractivity contribution < 1.29 is 24.6 Å². The third-order valence-electron chi connectivity index (χ3n) is 3.97. The van der Waals surface area contributed by atoms with Crippen LogP contribution in [-0.4, -0.2) is 39.2 Å². The van der Waals surface area contributed by atoms with Crippen LogP contribution in [-0.2, 0) is 14.4 Å². The van der Waals surface area contributed by atoms with Crippen LogP contribution in [0.2, 0.25) is 0 Å². The van der Waals surface area contributed by atoms with Gasteiger partial charge < -0.3 is 21.3 Å². The summed E-state index contributed by atoms with van der Waals surface area (Å²) in [5, 5.41) is 19.8. The average Bonchev–Trinajstić information content (AvgIpc) is 3.09. The number of thioether (sulfide) groups is 1. The number of carboxylic acids is 2. The van der Waals surface area contributed by atoms with E-state index in [0.717, 1.165) is 19.3 Å². The minimum atomic E-state index is -1.14. The van der Waals surface area contributed by atoms with Crippen LogP contribution in [0.5, 0.6) is 0 Å². The number of nitrogens with one attached hydrogen (secondary N) is 1. The van der Waals surface area contributed by atoms with Gasteiger partial charge in [0.25, 0.3) is 0 Å². The highest BCUT2D eigenvalue weighted by molar-refractivity contribution is 7.99. The fraction of sp³-hybridized carbons (Fsp3) is 0.688. The van der Waals surface area contributed by atoms with Gasteiger partial charge in [-0.1, -0.05) is 19.9 Å². The first-order valence-corrected chi connectivity index (χ1v) is 9.01. The summed E-state index contributed by atoms with van der Waals surface area (Å²) in [6.45, 7) is 3.96. The van der Waals surface area contributed by atoms with Crippen LogP contribution >= 0.6 is 11.8 Å². The van der Waals surface area contributed by atoms with Crippen molar-refractivity contribution in [2.45, 2.75) is 51.3 Å². The van der Waals surface area contributed by atoms with Crippen LogP contribution in [0, 0.1) is 11.3 Å². The van der Waals surface area contributed by atoms with Crippen molar-refractivity contribution in [3.05, 3.63) is 11.8 Å². The molecule has 0 bridgehead atoms. The molecule has 0 heterocycles. The molecule has 1 amide bonds. The van der Waals surface area contributed by atoms with Crippen LogP contribution in [0.25, 0.3) is 0 Å². The second kappa shape index (κ2) is 9.08. The maximum atomic E-state index is 12.0. The zero-order chi connectivity index (χ0) is 18.3. The number of hydrogen-bond acceptors (Lipinski definition) is 5. The van der Waals surface area contributed by atoms with Gasteiger partial charge >= 0.3 is 11.9 Å². The number of allylic oxidation sites excluding steroid dienone is 1. The molecular weight excluding hydrogens is 332 g/mol. The minimum absolute atomic E-state index is 0.0420. The van der Waals surface area contributed by atoms with Gasteiger partial charge in [0.2, 0.25) is 5.91 Å². The number of nitrogens with two attached hydrogens (primary N) is 1. The standard InChI is InChI=1S/C16H26N2O5S/c1-16(2)9-10(16)14(21)18-11(15(22)23)6-4-3-5-7-24-12(17)8-13(19)20/h6,10,12H,3-5,7-9,17H2,1-2H3,(H,18,21)(H,19,20)(H,22,23)/t10-,12?/m1/s1. The molecule has 0 aliphatic heterocycles. The zero-order valence-corrected chi connectivity index (χ0v) is 14.9. The number of carbonyl (C=O) groups is 3. The van der Waals surface area contributed by atoms with Crippen LogP contribution in [0.3, 0.4) is 0 Å². The monoisotopic (exact) mass is 358 g/mol. The first kappa shape index (κ1) is 20.5. The predicted molar refractivity (Wildman–Crippen MR) is 92.3 cm³/mol. The summed E-state index contributed by atoms with van der Waals surface area (Å²) in [6.07, 6.45) is 4.30. The molecule has 1 fully saturated rings. The summed E-state index contributed by atoms with van der Waals surface area (Å²) in [7, 11) is 0. The zero-order valence-electron chi connectivity index (χ0n) is 14.1. The van der Waals surface area contributed by atoms with Crippen LogP contribution in [0.4, 0.5) is 0 Å². The topological polar surface area (TPSA) is 130 Å². The Labute approximate surface area is 146 Å². The van der Waals surface area contributed by atoms with Gasteiger partial charge in [-0.25, -0.2) is 4.79 Å². The van der Waals surface area contributed by atoms with E-state index in [-0.39, 0.29) is 29.4 Å². The summed E-state index contributed by atoms with van der Waals surface area (Å²) >= 11 is 1.38. The van der Waals surface area contributed by atoms with E-state index >= 15 is 0 Å². The van der Waals surface area contributed by atoms with E-state index in [2.05, 4.69) is 5.32 Å². The Hall–Kier alpha value is -1.54. The Balaban J connectivity index is 2.28. The van der Waals surface area contributed by atoms with Gasteiger partial charge in [-0.15, -0.1) is 11.8 Å². The lowest BCUT2D eigenvalue weighted by Crippen LogP contribution is -2.29. The Bertz CT molecular complexity index is 519. The van der Waals surface area contributed by atoms with Gasteiger partial charge in [0.15, 0.2) is 0 Å². The minimum Gasteiger partial charge on any atom is -0.481 e. The van der Waals surface area contributed by atoms with Crippen molar-refractivity contribution in [1.29, 1.82) is 0 Å². The van der Waals surface area contributed by atoms with Gasteiger partial charge in [0.1, 0.15) is 5.70 Å². The van der Waals surface area contributed by atoms with Crippen molar-refractivity contribution in [2.24, 2.45) is 17.1 Å². The van der Waals surface area contributed by atoms with E-state index in [1.807, 2.05) is 13.8 Å². The van der Waals surface area contributed by atoms with E-state index in [1.54, 1.807) is 0 Å². The highest BCUT2D eigenvalue weighted by atomic mass is 32.2. The molecule has 0 aromatic carbocycles. The molecule has 0 spiro atoms. The largest absolute Gasteiger partial charge is 0.481 e. The molecule has 5 N–H and O–H groups in total. The number of unbranched alkanes of at least 4 members (excludes halogenated alkanes) is 2. The van der Waals surface area contributed by atoms with Crippen LogP contribution in [0.15, 0.2) is 11.8 Å². The summed E-state index contributed by atoms with van der Waals surface area (Å²) in [4.78, 5) is 33.6. The fourth-order valence-electron chi connectivity index (χ4n) is 2.28. The molecule has 8 heteroatoms. The van der Waals surface area contributed by atoms with Gasteiger partial charge in [-0.2, -0.15) is 0 Å². The average molecular weight is 358 g/mol. The SMILES string of the molecule is CC1(C)C[C@@H]1C(=O)NC(=CCCCCSC(N)CC(=O)O)C(=O)O. The van der Waals surface area contributed by atoms with Crippen LogP contribution in [0.1, 0.15) is 46.0 Å². The third-order valence-corrected chi connectivity index (χ3v) is 5.09. The molecule has 24 heavy (non-hydrogen) atoms. The molecule has 0 saturated heterocycles. The summed E-state index contributed by atoms with van der Waals surface area (Å²) < 4.78 is 0. The Kier molecular flexibility index (Phi) is 7.75. The molecular formula is C16H26N2O5S. The Morgan fingerprint density at radius 1 is 1.33 bits per heavy atom. The number of amides is 1. The van der Waals surface area contributed by atoms with Crippen molar-refractivity contribution in [2.75, 3.05) is 5.75 Å². The maximum Gasteiger partial charge on any atom is 0.352 e. The van der Waals surface area contributed by atoms with E-state index < -0.39 is 17.3 Å². The molecule has 1 unspecified atom stereocenters. The Morgan fingerprint density at radius 2 is 1.96 bits per heavy atom. The van der Waals surface area contributed by atoms with Gasteiger partial charge in [-0.3, -0.25) is 9.59 Å². The highest BCUT2D eigenvalue weighted by Gasteiger charge is 2.50. The van der Waals surface area contributed by atoms with Crippen molar-refractivity contribution in [1.82, 2.24) is 5.32 Å². The van der Waals surface area contributed by atoms with E-state index in [4.69, 9.17) is 15.9 Å². The normalized spacial score (nSPS) is 20.3. The first-order chi connectivity index (χ1) is 11.1. The van der Waals surface area contributed by atoms with Gasteiger partial charge in [0.05, 0.1) is 11.8 Å². The summed E-state index contributed by atoms with van der Waals surface area (Å²) in [6, 6.07) is 0. The second-order valence-electron chi connectivity index (χ2n) is 6.66. The maximum absolute atomic E-state index is 12.0. The number of carbonyl (C=O) groups excluding carboxylic acids is 1. The lowest BCUT2D eigenvalue weighted by Gasteiger charge is -2.08. The highest BCUT2D eigenvalue weighted by Crippen LogP contribution is 2.51. The van der Waals surface area contributed by atoms with Crippen LogP contribution < -0.4 is 11.1 Å². The molecule has 2 atom stereocenters. The fourth-order valence-corrected chi connectivity index (χ4v) is 3.22. The van der Waals surface area contributed by atoms with E-state index in [1.165, 1.54) is 17.8 Å². The Morgan fingerprint density at radius 3 is 2.46 bits per heavy atom. The third kappa shape index (κ3) is 7.35. The van der Waals surface area contributed by atoms with Crippen molar-refractivity contribution >= 4 is 29.6 Å². The van der Waals surface area contributed by atoms with Crippen molar-refractivity contribution in [3.63, 3.8) is 0 Å². The quantitative estimate of drug-likeness (QED) is 0.252. The molecule has 7 nitrogen and oxygen atoms in total. The molecule has 1 rings (SSSR count). The summed E-state index contributed by atoms with van der Waals surface area (Å²) in [5.74, 6) is -1.69. The smallest absolute Gasteiger partial charge is 0.352 e. The van der Waals surface area contributed by atoms with Gasteiger partial charge in [-0.05, 0) is 36.9 Å². The lowest BCUT2D eigenvalue weighted by atomic mass is 10.1. The molecule has 1 aliphatic carbocycles. The molecule has 0 aromatic rings. The molecule has 0 aromatic heterocycles. The number of carboxylic acid groups (broad SMARTS) is 2. The second-order valence-corrected chi connectivity index (χ2v) is 8.01. The van der Waals surface area contributed by atoms with E-state index in [0.29, 0.717) is 12.2 Å².